The second-order valence-electron chi connectivity index (χ2n) is 3.49. The average molecular weight is 229 g/mol. The van der Waals surface area contributed by atoms with Gasteiger partial charge in [0, 0.05) is 6.07 Å². The van der Waals surface area contributed by atoms with Gasteiger partial charge in [-0.15, -0.1) is 0 Å². The number of para-hydroxylation sites is 2. The summed E-state index contributed by atoms with van der Waals surface area (Å²) in [6.45, 7) is 0.196. The Morgan fingerprint density at radius 1 is 1.00 bits per heavy atom. The van der Waals surface area contributed by atoms with Gasteiger partial charge in [-0.25, -0.2) is 0 Å². The van der Waals surface area contributed by atoms with E-state index in [9.17, 15) is 10.1 Å². The van der Waals surface area contributed by atoms with Gasteiger partial charge in [-0.05, 0) is 18.2 Å². The van der Waals surface area contributed by atoms with Crippen molar-refractivity contribution in [2.24, 2.45) is 0 Å². The average Bonchev–Trinajstić information content (AvgIpc) is 2.38. The monoisotopic (exact) mass is 229 g/mol. The van der Waals surface area contributed by atoms with Gasteiger partial charge in [0.1, 0.15) is 12.4 Å². The molecule has 0 aromatic heterocycles. The van der Waals surface area contributed by atoms with Crippen molar-refractivity contribution in [3.8, 4) is 5.75 Å². The van der Waals surface area contributed by atoms with Crippen molar-refractivity contribution in [2.75, 3.05) is 0 Å². The molecular formula is C13H11NO3. The Morgan fingerprint density at radius 3 is 2.35 bits per heavy atom. The Kier molecular flexibility index (Phi) is 3.35. The van der Waals surface area contributed by atoms with Crippen LogP contribution >= 0.6 is 0 Å². The van der Waals surface area contributed by atoms with Crippen LogP contribution in [0.25, 0.3) is 0 Å². The minimum Gasteiger partial charge on any atom is -0.489 e. The van der Waals surface area contributed by atoms with Crippen molar-refractivity contribution in [1.29, 1.82) is 0 Å². The van der Waals surface area contributed by atoms with Crippen LogP contribution in [-0.4, -0.2) is 4.92 Å². The number of nitro groups is 1. The number of nitro benzene ring substituents is 1. The van der Waals surface area contributed by atoms with Crippen LogP contribution in [-0.2, 0) is 6.61 Å². The predicted octanol–water partition coefficient (Wildman–Crippen LogP) is 3.17. The van der Waals surface area contributed by atoms with Crippen LogP contribution in [0.4, 0.5) is 5.69 Å². The zero-order valence-corrected chi connectivity index (χ0v) is 9.08. The van der Waals surface area contributed by atoms with Crippen LogP contribution in [0.1, 0.15) is 5.56 Å². The molecule has 0 bridgehead atoms. The lowest BCUT2D eigenvalue weighted by atomic mass is 10.2. The van der Waals surface area contributed by atoms with Gasteiger partial charge in [-0.2, -0.15) is 0 Å². The number of rotatable bonds is 4. The summed E-state index contributed by atoms with van der Waals surface area (Å²) < 4.78 is 5.48. The first-order chi connectivity index (χ1) is 8.27. The van der Waals surface area contributed by atoms with E-state index < -0.39 is 4.92 Å². The van der Waals surface area contributed by atoms with Crippen molar-refractivity contribution in [2.45, 2.75) is 6.61 Å². The highest BCUT2D eigenvalue weighted by Crippen LogP contribution is 2.19. The third kappa shape index (κ3) is 2.81. The standard InChI is InChI=1S/C13H11NO3/c15-14(16)13-9-5-4-6-11(13)10-17-12-7-2-1-3-8-12/h1-9H,10H2. The van der Waals surface area contributed by atoms with Crippen LogP contribution in [0.3, 0.4) is 0 Å². The molecule has 0 saturated heterocycles. The molecule has 0 saturated carbocycles. The van der Waals surface area contributed by atoms with E-state index in [1.165, 1.54) is 6.07 Å². The molecule has 0 aliphatic heterocycles. The fourth-order valence-corrected chi connectivity index (χ4v) is 1.49. The normalized spacial score (nSPS) is 9.88. The van der Waals surface area contributed by atoms with E-state index in [2.05, 4.69) is 0 Å². The Morgan fingerprint density at radius 2 is 1.65 bits per heavy atom. The van der Waals surface area contributed by atoms with Gasteiger partial charge < -0.3 is 4.74 Å². The number of ether oxygens (including phenoxy) is 1. The molecule has 2 aromatic carbocycles. The van der Waals surface area contributed by atoms with E-state index >= 15 is 0 Å². The first-order valence-electron chi connectivity index (χ1n) is 5.17. The van der Waals surface area contributed by atoms with Crippen molar-refractivity contribution >= 4 is 5.69 Å². The van der Waals surface area contributed by atoms with E-state index in [-0.39, 0.29) is 12.3 Å². The van der Waals surface area contributed by atoms with Gasteiger partial charge in [0.05, 0.1) is 10.5 Å². The van der Waals surface area contributed by atoms with Crippen LogP contribution in [0.15, 0.2) is 54.6 Å². The minimum atomic E-state index is -0.399. The summed E-state index contributed by atoms with van der Waals surface area (Å²) in [5.74, 6) is 0.700. The van der Waals surface area contributed by atoms with Crippen molar-refractivity contribution in [3.05, 3.63) is 70.3 Å². The van der Waals surface area contributed by atoms with Gasteiger partial charge in [0.15, 0.2) is 0 Å². The third-order valence-electron chi connectivity index (χ3n) is 2.33. The smallest absolute Gasteiger partial charge is 0.276 e. The van der Waals surface area contributed by atoms with E-state index in [4.69, 9.17) is 4.74 Å². The summed E-state index contributed by atoms with van der Waals surface area (Å²) >= 11 is 0. The summed E-state index contributed by atoms with van der Waals surface area (Å²) in [7, 11) is 0. The fourth-order valence-electron chi connectivity index (χ4n) is 1.49. The van der Waals surface area contributed by atoms with Gasteiger partial charge in [-0.1, -0.05) is 30.3 Å². The maximum Gasteiger partial charge on any atom is 0.276 e. The quantitative estimate of drug-likeness (QED) is 0.597. The molecule has 0 amide bonds. The van der Waals surface area contributed by atoms with Crippen molar-refractivity contribution in [3.63, 3.8) is 0 Å². The molecule has 86 valence electrons. The Bertz CT molecular complexity index is 511. The first kappa shape index (κ1) is 11.1. The van der Waals surface area contributed by atoms with Gasteiger partial charge in [-0.3, -0.25) is 10.1 Å². The summed E-state index contributed by atoms with van der Waals surface area (Å²) in [4.78, 5) is 10.4. The minimum absolute atomic E-state index is 0.0865. The third-order valence-corrected chi connectivity index (χ3v) is 2.33. The number of nitrogens with zero attached hydrogens (tertiary/aromatic N) is 1. The Balaban J connectivity index is 2.12. The Hall–Kier alpha value is -2.36. The largest absolute Gasteiger partial charge is 0.489 e. The molecule has 2 rings (SSSR count). The molecule has 4 nitrogen and oxygen atoms in total. The molecule has 0 N–H and O–H groups in total. The topological polar surface area (TPSA) is 52.4 Å². The summed E-state index contributed by atoms with van der Waals surface area (Å²) in [5, 5.41) is 10.8. The van der Waals surface area contributed by atoms with Gasteiger partial charge in [0.2, 0.25) is 0 Å². The zero-order valence-electron chi connectivity index (χ0n) is 9.08. The molecule has 4 heteroatoms. The molecule has 0 unspecified atom stereocenters. The van der Waals surface area contributed by atoms with Crippen LogP contribution in [0.2, 0.25) is 0 Å². The molecular weight excluding hydrogens is 218 g/mol. The molecule has 0 radical (unpaired) electrons. The lowest BCUT2D eigenvalue weighted by Gasteiger charge is -2.06. The van der Waals surface area contributed by atoms with Crippen molar-refractivity contribution < 1.29 is 9.66 Å². The van der Waals surface area contributed by atoms with Crippen LogP contribution in [0.5, 0.6) is 5.75 Å². The summed E-state index contributed by atoms with van der Waals surface area (Å²) in [5.41, 5.74) is 0.657. The molecule has 0 aliphatic carbocycles. The molecule has 2 aromatic rings. The maximum atomic E-state index is 10.8. The number of hydrogen-bond donors (Lipinski definition) is 0. The highest BCUT2D eigenvalue weighted by atomic mass is 16.6. The van der Waals surface area contributed by atoms with Gasteiger partial charge >= 0.3 is 0 Å². The highest BCUT2D eigenvalue weighted by molar-refractivity contribution is 5.39. The van der Waals surface area contributed by atoms with E-state index in [0.717, 1.165) is 0 Å². The number of hydrogen-bond acceptors (Lipinski definition) is 3. The van der Waals surface area contributed by atoms with E-state index in [0.29, 0.717) is 11.3 Å². The molecule has 0 atom stereocenters. The lowest BCUT2D eigenvalue weighted by Crippen LogP contribution is -2.00. The van der Waals surface area contributed by atoms with Crippen LogP contribution < -0.4 is 4.74 Å². The van der Waals surface area contributed by atoms with Crippen molar-refractivity contribution in [1.82, 2.24) is 0 Å². The Labute approximate surface area is 98.6 Å². The molecule has 0 heterocycles. The van der Waals surface area contributed by atoms with E-state index in [1.54, 1.807) is 18.2 Å². The van der Waals surface area contributed by atoms with Crippen LogP contribution in [0, 0.1) is 10.1 Å². The van der Waals surface area contributed by atoms with E-state index in [1.807, 2.05) is 30.3 Å². The predicted molar refractivity (Wildman–Crippen MR) is 63.9 cm³/mol. The lowest BCUT2D eigenvalue weighted by molar-refractivity contribution is -0.385. The number of benzene rings is 2. The SMILES string of the molecule is O=[N+]([O-])c1ccccc1COc1ccccc1. The fraction of sp³-hybridized carbons (Fsp3) is 0.0769. The van der Waals surface area contributed by atoms with Gasteiger partial charge in [0.25, 0.3) is 5.69 Å². The maximum absolute atomic E-state index is 10.8. The summed E-state index contributed by atoms with van der Waals surface area (Å²) in [6, 6.07) is 15.8. The molecule has 0 fully saturated rings. The molecule has 17 heavy (non-hydrogen) atoms. The zero-order chi connectivity index (χ0) is 12.1. The first-order valence-corrected chi connectivity index (χ1v) is 5.17. The molecule has 0 aliphatic rings. The summed E-state index contributed by atoms with van der Waals surface area (Å²) in [6.07, 6.45) is 0. The molecule has 0 spiro atoms. The highest BCUT2D eigenvalue weighted by Gasteiger charge is 2.12. The second-order valence-corrected chi connectivity index (χ2v) is 3.49. The second kappa shape index (κ2) is 5.12.